The first-order valence-corrected chi connectivity index (χ1v) is 11.8. The summed E-state index contributed by atoms with van der Waals surface area (Å²) in [5, 5.41) is 6.10. The van der Waals surface area contributed by atoms with Gasteiger partial charge in [0.25, 0.3) is 11.5 Å². The molecule has 6 rings (SSSR count). The van der Waals surface area contributed by atoms with Crippen molar-refractivity contribution < 1.29 is 23.5 Å². The van der Waals surface area contributed by atoms with Crippen LogP contribution >= 0.6 is 0 Å². The number of rotatable bonds is 5. The lowest BCUT2D eigenvalue weighted by Gasteiger charge is -2.33. The lowest BCUT2D eigenvalue weighted by molar-refractivity contribution is -0.118. The number of ether oxygens (including phenoxy) is 2. The van der Waals surface area contributed by atoms with E-state index in [4.69, 9.17) is 9.47 Å². The van der Waals surface area contributed by atoms with E-state index in [1.54, 1.807) is 23.1 Å². The lowest BCUT2D eigenvalue weighted by Crippen LogP contribution is -2.46. The number of aromatic nitrogens is 3. The van der Waals surface area contributed by atoms with Crippen LogP contribution in [0.25, 0.3) is 11.0 Å². The van der Waals surface area contributed by atoms with Crippen LogP contribution in [-0.4, -0.2) is 57.9 Å². The van der Waals surface area contributed by atoms with E-state index >= 15 is 0 Å². The molecule has 1 saturated carbocycles. The van der Waals surface area contributed by atoms with E-state index in [1.807, 2.05) is 0 Å². The molecule has 0 bridgehead atoms. The fourth-order valence-corrected chi connectivity index (χ4v) is 5.14. The van der Waals surface area contributed by atoms with E-state index < -0.39 is 11.9 Å². The second kappa shape index (κ2) is 8.86. The van der Waals surface area contributed by atoms with Crippen LogP contribution in [0.4, 0.5) is 20.8 Å². The van der Waals surface area contributed by atoms with E-state index in [0.717, 1.165) is 6.42 Å². The van der Waals surface area contributed by atoms with Crippen LogP contribution in [0, 0.1) is 5.82 Å². The van der Waals surface area contributed by atoms with Crippen molar-refractivity contribution >= 4 is 34.7 Å². The maximum Gasteiger partial charge on any atom is 0.416 e. The van der Waals surface area contributed by atoms with Gasteiger partial charge in [-0.2, -0.15) is 0 Å². The summed E-state index contributed by atoms with van der Waals surface area (Å²) in [6.45, 7) is 0.772. The molecule has 3 atom stereocenters. The molecule has 4 heterocycles. The van der Waals surface area contributed by atoms with Crippen molar-refractivity contribution in [3.8, 4) is 5.75 Å². The molecule has 0 radical (unpaired) electrons. The highest BCUT2D eigenvalue weighted by Gasteiger charge is 2.46. The zero-order valence-electron chi connectivity index (χ0n) is 19.1. The summed E-state index contributed by atoms with van der Waals surface area (Å²) in [5.74, 6) is 0.423. The number of hydrogen-bond acceptors (Lipinski definition) is 8. The first-order chi connectivity index (χ1) is 17.5. The zero-order chi connectivity index (χ0) is 24.8. The third-order valence-corrected chi connectivity index (χ3v) is 6.82. The van der Waals surface area contributed by atoms with Gasteiger partial charge in [0.05, 0.1) is 23.3 Å². The molecule has 2 fully saturated rings. The van der Waals surface area contributed by atoms with Crippen LogP contribution < -0.4 is 25.8 Å². The maximum atomic E-state index is 13.7. The van der Waals surface area contributed by atoms with Crippen molar-refractivity contribution in [2.45, 2.75) is 44.0 Å². The molecular formula is C24H23FN6O5. The van der Waals surface area contributed by atoms with Crippen molar-refractivity contribution in [2.24, 2.45) is 0 Å². The van der Waals surface area contributed by atoms with Gasteiger partial charge in [-0.1, -0.05) is 0 Å². The van der Waals surface area contributed by atoms with Crippen molar-refractivity contribution in [3.05, 3.63) is 52.7 Å². The van der Waals surface area contributed by atoms with Gasteiger partial charge >= 0.3 is 6.09 Å². The summed E-state index contributed by atoms with van der Waals surface area (Å²) in [6, 6.07) is 7.46. The third kappa shape index (κ3) is 4.02. The van der Waals surface area contributed by atoms with E-state index in [0.29, 0.717) is 48.5 Å². The van der Waals surface area contributed by atoms with Crippen LogP contribution in [0.5, 0.6) is 5.75 Å². The lowest BCUT2D eigenvalue weighted by atomic mass is 9.88. The van der Waals surface area contributed by atoms with Gasteiger partial charge in [0.1, 0.15) is 17.7 Å². The molecule has 11 nitrogen and oxygen atoms in total. The molecule has 1 aliphatic carbocycles. The van der Waals surface area contributed by atoms with Crippen LogP contribution in [0.3, 0.4) is 0 Å². The molecule has 1 aromatic carbocycles. The molecular weight excluding hydrogens is 471 g/mol. The molecule has 2 N–H and O–H groups in total. The highest BCUT2D eigenvalue weighted by molar-refractivity contribution is 5.95. The monoisotopic (exact) mass is 494 g/mol. The largest absolute Gasteiger partial charge is 0.480 e. The smallest absolute Gasteiger partial charge is 0.416 e. The van der Waals surface area contributed by atoms with Gasteiger partial charge in [0.15, 0.2) is 18.2 Å². The number of fused-ring (bicyclic) bond motifs is 3. The number of pyridine rings is 1. The van der Waals surface area contributed by atoms with Gasteiger partial charge in [-0.15, -0.1) is 0 Å². The number of nitrogens with zero attached hydrogens (tertiary/aromatic N) is 4. The summed E-state index contributed by atoms with van der Waals surface area (Å²) < 4.78 is 26.3. The molecule has 2 aromatic heterocycles. The first-order valence-electron chi connectivity index (χ1n) is 11.8. The number of carbonyl (C=O) groups excluding carboxylic acids is 2. The van der Waals surface area contributed by atoms with Crippen molar-refractivity contribution in [3.63, 3.8) is 0 Å². The van der Waals surface area contributed by atoms with E-state index in [1.165, 1.54) is 22.9 Å². The molecule has 3 aliphatic rings. The van der Waals surface area contributed by atoms with Gasteiger partial charge in [-0.05, 0) is 43.2 Å². The molecule has 0 unspecified atom stereocenters. The summed E-state index contributed by atoms with van der Waals surface area (Å²) in [7, 11) is 0. The van der Waals surface area contributed by atoms with Crippen LogP contribution in [0.2, 0.25) is 0 Å². The Morgan fingerprint density at radius 1 is 1.17 bits per heavy atom. The molecule has 186 valence electrons. The van der Waals surface area contributed by atoms with Crippen molar-refractivity contribution in [1.29, 1.82) is 0 Å². The molecule has 36 heavy (non-hydrogen) atoms. The van der Waals surface area contributed by atoms with Gasteiger partial charge in [-0.3, -0.25) is 14.5 Å². The van der Waals surface area contributed by atoms with E-state index in [-0.39, 0.29) is 42.1 Å². The Hall–Kier alpha value is -4.06. The second-order valence-electron chi connectivity index (χ2n) is 9.06. The predicted molar refractivity (Wildman–Crippen MR) is 127 cm³/mol. The Morgan fingerprint density at radius 2 is 2.06 bits per heavy atom. The van der Waals surface area contributed by atoms with Gasteiger partial charge in [0.2, 0.25) is 0 Å². The predicted octanol–water partition coefficient (Wildman–Crippen LogP) is 1.80. The zero-order valence-corrected chi connectivity index (χ0v) is 19.1. The molecule has 2 aliphatic heterocycles. The SMILES string of the molecule is O=C1COc2ccc(N3C(=O)O[C@H]4C[C@@H](NCCn5c(=O)cnc6ccc(F)cc65)CC[C@@H]43)nc2N1. The van der Waals surface area contributed by atoms with Crippen LogP contribution in [0.1, 0.15) is 19.3 Å². The van der Waals surface area contributed by atoms with Crippen LogP contribution in [0.15, 0.2) is 41.3 Å². The molecule has 2 amide bonds. The topological polar surface area (TPSA) is 128 Å². The van der Waals surface area contributed by atoms with Crippen molar-refractivity contribution in [2.75, 3.05) is 23.4 Å². The Labute approximate surface area is 204 Å². The molecule has 0 spiro atoms. The standard InChI is InChI=1S/C24H23FN6O5/c25-13-1-3-15-17(9-13)30(22(33)11-27-15)8-7-26-14-2-4-16-19(10-14)36-24(34)31(16)20-6-5-18-23(28-20)29-21(32)12-35-18/h1,3,5-6,9,11,14,16,19,26H,2,4,7-8,10,12H2,(H,28,29,32)/t14-,16-,19-/m0/s1. The number of anilines is 2. The minimum absolute atomic E-state index is 0.0677. The number of carbonyl (C=O) groups is 2. The molecule has 3 aromatic rings. The van der Waals surface area contributed by atoms with Crippen LogP contribution in [-0.2, 0) is 16.1 Å². The summed E-state index contributed by atoms with van der Waals surface area (Å²) in [6.07, 6.45) is 2.55. The maximum absolute atomic E-state index is 13.7. The summed E-state index contributed by atoms with van der Waals surface area (Å²) in [5.41, 5.74) is 0.710. The number of halogens is 1. The fourth-order valence-electron chi connectivity index (χ4n) is 5.14. The Kier molecular flexibility index (Phi) is 5.52. The second-order valence-corrected chi connectivity index (χ2v) is 9.06. The average molecular weight is 494 g/mol. The first kappa shape index (κ1) is 22.4. The average Bonchev–Trinajstić information content (AvgIpc) is 3.19. The Morgan fingerprint density at radius 3 is 2.94 bits per heavy atom. The van der Waals surface area contributed by atoms with Crippen molar-refractivity contribution in [1.82, 2.24) is 19.9 Å². The van der Waals surface area contributed by atoms with E-state index in [2.05, 4.69) is 20.6 Å². The summed E-state index contributed by atoms with van der Waals surface area (Å²) in [4.78, 5) is 46.7. The van der Waals surface area contributed by atoms with E-state index in [9.17, 15) is 18.8 Å². The van der Waals surface area contributed by atoms with Gasteiger partial charge in [-0.25, -0.2) is 19.2 Å². The van der Waals surface area contributed by atoms with Gasteiger partial charge in [0, 0.05) is 25.6 Å². The number of amides is 2. The number of nitrogens with one attached hydrogen (secondary N) is 2. The highest BCUT2D eigenvalue weighted by atomic mass is 19.1. The minimum atomic E-state index is -0.474. The molecule has 1 saturated heterocycles. The Balaban J connectivity index is 1.11. The number of benzene rings is 1. The highest BCUT2D eigenvalue weighted by Crippen LogP contribution is 2.37. The third-order valence-electron chi connectivity index (χ3n) is 6.82. The summed E-state index contributed by atoms with van der Waals surface area (Å²) >= 11 is 0. The number of hydrogen-bond donors (Lipinski definition) is 2. The fraction of sp³-hybridized carbons (Fsp3) is 0.375. The minimum Gasteiger partial charge on any atom is -0.480 e. The Bertz CT molecular complexity index is 1430. The quantitative estimate of drug-likeness (QED) is 0.550. The van der Waals surface area contributed by atoms with Gasteiger partial charge < -0.3 is 24.7 Å². The molecule has 12 heteroatoms. The normalized spacial score (nSPS) is 23.0.